The van der Waals surface area contributed by atoms with Crippen LogP contribution in [0.1, 0.15) is 6.42 Å². The Labute approximate surface area is 271 Å². The molecule has 4 saturated heterocycles. The molecule has 17 N–H and O–H groups in total. The third-order valence-electron chi connectivity index (χ3n) is 9.68. The minimum atomic E-state index is -1.60. The molecule has 0 spiro atoms. The molecule has 4 aliphatic heterocycles. The number of morpholine rings is 1. The van der Waals surface area contributed by atoms with Crippen LogP contribution >= 0.6 is 0 Å². The van der Waals surface area contributed by atoms with Crippen molar-refractivity contribution in [2.75, 3.05) is 46.0 Å². The van der Waals surface area contributed by atoms with Crippen LogP contribution in [0.3, 0.4) is 0 Å². The van der Waals surface area contributed by atoms with E-state index in [2.05, 4.69) is 0 Å². The molecule has 47 heavy (non-hydrogen) atoms. The zero-order chi connectivity index (χ0) is 34.2. The first-order chi connectivity index (χ1) is 22.4. The highest BCUT2D eigenvalue weighted by atomic mass is 16.8. The molecule has 1 aliphatic carbocycles. The Morgan fingerprint density at radius 2 is 1.13 bits per heavy atom. The lowest BCUT2D eigenvalue weighted by molar-refractivity contribution is -0.309. The Bertz CT molecular complexity index is 990. The molecule has 1 saturated carbocycles. The van der Waals surface area contributed by atoms with Gasteiger partial charge in [-0.15, -0.1) is 0 Å². The van der Waals surface area contributed by atoms with Crippen molar-refractivity contribution in [3.63, 3.8) is 0 Å². The maximum atomic E-state index is 11.2. The van der Waals surface area contributed by atoms with E-state index in [1.807, 2.05) is 4.90 Å². The highest BCUT2D eigenvalue weighted by molar-refractivity contribution is 5.02. The Hall–Kier alpha value is -0.800. The number of rotatable bonds is 10. The molecule has 0 aromatic heterocycles. The van der Waals surface area contributed by atoms with E-state index in [-0.39, 0.29) is 19.5 Å². The van der Waals surface area contributed by atoms with Crippen LogP contribution < -0.4 is 28.7 Å². The monoisotopic (exact) mass is 684 g/mol. The molecule has 19 atom stereocenters. The van der Waals surface area contributed by atoms with Gasteiger partial charge in [0.05, 0.1) is 38.0 Å². The van der Waals surface area contributed by atoms with Gasteiger partial charge in [-0.25, -0.2) is 0 Å². The summed E-state index contributed by atoms with van der Waals surface area (Å²) in [6, 6.07) is -4.16. The molecule has 5 aliphatic rings. The zero-order valence-corrected chi connectivity index (χ0v) is 25.9. The van der Waals surface area contributed by atoms with Gasteiger partial charge in [0.2, 0.25) is 0 Å². The number of aliphatic hydroxyl groups excluding tert-OH is 7. The first-order valence-electron chi connectivity index (χ1n) is 16.0. The van der Waals surface area contributed by atoms with Crippen LogP contribution in [-0.2, 0) is 33.2 Å². The smallest absolute Gasteiger partial charge is 0.187 e. The molecule has 0 amide bonds. The molecule has 0 bridgehead atoms. The SMILES string of the molecule is NC[C@@H]1O[C@H](O[C@H]2[C@@H](O)[C@H](O[C@@H]3[C@@H](O)[C@H](N)C[C@H](N)[C@H]3O[C@H]3O[C@H](CN4CCOCC4)[C@@H](O)[C@H](O)[C@H]3N)O[C@@H]2CO)[C@H](N)[C@@H](O)[C@@H]1O. The van der Waals surface area contributed by atoms with Crippen LogP contribution in [0.2, 0.25) is 0 Å². The predicted molar refractivity (Wildman–Crippen MR) is 157 cm³/mol. The van der Waals surface area contributed by atoms with Gasteiger partial charge in [-0.1, -0.05) is 0 Å². The second kappa shape index (κ2) is 16.0. The van der Waals surface area contributed by atoms with Crippen LogP contribution in [0.4, 0.5) is 0 Å². The van der Waals surface area contributed by atoms with Crippen molar-refractivity contribution in [1.29, 1.82) is 0 Å². The Kier molecular flexibility index (Phi) is 12.8. The summed E-state index contributed by atoms with van der Waals surface area (Å²) in [4.78, 5) is 2.01. The lowest BCUT2D eigenvalue weighted by atomic mass is 9.84. The predicted octanol–water partition coefficient (Wildman–Crippen LogP) is -8.52. The van der Waals surface area contributed by atoms with Crippen molar-refractivity contribution in [3.05, 3.63) is 0 Å². The Morgan fingerprint density at radius 3 is 1.72 bits per heavy atom. The van der Waals surface area contributed by atoms with Gasteiger partial charge in [-0.3, -0.25) is 4.90 Å². The van der Waals surface area contributed by atoms with Crippen molar-refractivity contribution in [2.24, 2.45) is 28.7 Å². The largest absolute Gasteiger partial charge is 0.394 e. The molecule has 5 rings (SSSR count). The summed E-state index contributed by atoms with van der Waals surface area (Å²) in [5.41, 5.74) is 30.5. The molecule has 0 radical (unpaired) electrons. The van der Waals surface area contributed by atoms with E-state index in [4.69, 9.17) is 61.8 Å². The van der Waals surface area contributed by atoms with E-state index in [1.165, 1.54) is 0 Å². The van der Waals surface area contributed by atoms with E-state index in [9.17, 15) is 35.7 Å². The second-order valence-corrected chi connectivity index (χ2v) is 12.9. The normalized spacial score (nSPS) is 51.7. The van der Waals surface area contributed by atoms with Crippen LogP contribution in [0.25, 0.3) is 0 Å². The van der Waals surface area contributed by atoms with Gasteiger partial charge < -0.3 is 97.6 Å². The molecule has 0 aromatic rings. The van der Waals surface area contributed by atoms with Crippen LogP contribution in [-0.4, -0.2) is 203 Å². The number of hydrogen-bond acceptors (Lipinski definition) is 20. The summed E-state index contributed by atoms with van der Waals surface area (Å²) in [5.74, 6) is 0. The zero-order valence-electron chi connectivity index (χ0n) is 25.9. The fraction of sp³-hybridized carbons (Fsp3) is 1.00. The fourth-order valence-corrected chi connectivity index (χ4v) is 6.74. The van der Waals surface area contributed by atoms with Crippen LogP contribution in [0.15, 0.2) is 0 Å². The summed E-state index contributed by atoms with van der Waals surface area (Å²) in [6.07, 6.45) is -19.5. The molecule has 0 aromatic carbocycles. The number of ether oxygens (including phenoxy) is 7. The van der Waals surface area contributed by atoms with Gasteiger partial charge >= 0.3 is 0 Å². The van der Waals surface area contributed by atoms with Crippen LogP contribution in [0.5, 0.6) is 0 Å². The lowest BCUT2D eigenvalue weighted by Gasteiger charge is -2.48. The second-order valence-electron chi connectivity index (χ2n) is 12.9. The number of nitrogens with zero attached hydrogens (tertiary/aromatic N) is 1. The van der Waals surface area contributed by atoms with E-state index in [1.54, 1.807) is 0 Å². The van der Waals surface area contributed by atoms with E-state index >= 15 is 0 Å². The third kappa shape index (κ3) is 7.92. The Morgan fingerprint density at radius 1 is 0.596 bits per heavy atom. The van der Waals surface area contributed by atoms with E-state index < -0.39 is 123 Å². The molecular weight excluding hydrogens is 632 g/mol. The minimum absolute atomic E-state index is 0.0997. The lowest BCUT2D eigenvalue weighted by Crippen LogP contribution is -2.68. The number of hydrogen-bond donors (Lipinski definition) is 12. The summed E-state index contributed by atoms with van der Waals surface area (Å²) in [5, 5.41) is 74.5. The first kappa shape index (κ1) is 37.5. The van der Waals surface area contributed by atoms with Gasteiger partial charge in [0, 0.05) is 38.3 Å². The molecule has 5 fully saturated rings. The quantitative estimate of drug-likeness (QED) is 0.102. The van der Waals surface area contributed by atoms with Crippen molar-refractivity contribution in [2.45, 2.75) is 123 Å². The average Bonchev–Trinajstić information content (AvgIpc) is 3.36. The van der Waals surface area contributed by atoms with Crippen molar-refractivity contribution in [3.8, 4) is 0 Å². The van der Waals surface area contributed by atoms with Gasteiger partial charge in [0.25, 0.3) is 0 Å². The van der Waals surface area contributed by atoms with Gasteiger partial charge in [0.15, 0.2) is 18.9 Å². The number of nitrogens with two attached hydrogens (primary N) is 5. The molecular formula is C27H52N6O14. The summed E-state index contributed by atoms with van der Waals surface area (Å²) in [6.45, 7) is 1.69. The highest BCUT2D eigenvalue weighted by Crippen LogP contribution is 2.34. The number of aliphatic hydroxyl groups is 7. The van der Waals surface area contributed by atoms with Gasteiger partial charge in [0.1, 0.15) is 67.1 Å². The molecule has 0 unspecified atom stereocenters. The summed E-state index contributed by atoms with van der Waals surface area (Å²) < 4.78 is 40.9. The molecule has 20 nitrogen and oxygen atoms in total. The summed E-state index contributed by atoms with van der Waals surface area (Å²) >= 11 is 0. The van der Waals surface area contributed by atoms with Crippen molar-refractivity contribution in [1.82, 2.24) is 4.90 Å². The standard InChI is InChI=1S/C27H52N6O14/c28-6-11-17(36)19(38)14(31)25(42-11)46-23-13(8-34)44-27(21(23)40)47-24-16(35)9(29)5-10(30)22(24)45-26-15(32)20(39)18(37)12(43-26)7-33-1-3-41-4-2-33/h9-27,34-40H,1-8,28-32H2/t9-,10+,11+,12-,13-,14-,15-,16+,17-,18-,19-,20-,21-,22-,23-,24-,25-,26-,27+/m1/s1. The maximum Gasteiger partial charge on any atom is 0.187 e. The fourth-order valence-electron chi connectivity index (χ4n) is 6.74. The van der Waals surface area contributed by atoms with Crippen molar-refractivity contribution < 1.29 is 68.9 Å². The van der Waals surface area contributed by atoms with Crippen molar-refractivity contribution >= 4 is 0 Å². The maximum absolute atomic E-state index is 11.2. The molecule has 274 valence electrons. The average molecular weight is 685 g/mol. The molecule has 4 heterocycles. The summed E-state index contributed by atoms with van der Waals surface area (Å²) in [7, 11) is 0. The Balaban J connectivity index is 1.29. The van der Waals surface area contributed by atoms with Crippen LogP contribution in [0, 0.1) is 0 Å². The van der Waals surface area contributed by atoms with E-state index in [0.717, 1.165) is 0 Å². The van der Waals surface area contributed by atoms with Gasteiger partial charge in [-0.05, 0) is 6.42 Å². The minimum Gasteiger partial charge on any atom is -0.394 e. The highest BCUT2D eigenvalue weighted by Gasteiger charge is 2.54. The third-order valence-corrected chi connectivity index (χ3v) is 9.68. The topological polar surface area (TPSA) is 340 Å². The first-order valence-corrected chi connectivity index (χ1v) is 16.0. The van der Waals surface area contributed by atoms with E-state index in [0.29, 0.717) is 26.3 Å². The molecule has 20 heteroatoms. The van der Waals surface area contributed by atoms with Gasteiger partial charge in [-0.2, -0.15) is 0 Å².